The van der Waals surface area contributed by atoms with Gasteiger partial charge in [-0.2, -0.15) is 0 Å². The van der Waals surface area contributed by atoms with E-state index >= 15 is 0 Å². The molecule has 134 valence electrons. The molecule has 27 heavy (non-hydrogen) atoms. The molecule has 0 radical (unpaired) electrons. The van der Waals surface area contributed by atoms with E-state index in [-0.39, 0.29) is 0 Å². The van der Waals surface area contributed by atoms with Gasteiger partial charge < -0.3 is 9.88 Å². The van der Waals surface area contributed by atoms with Crippen molar-refractivity contribution in [1.82, 2.24) is 14.5 Å². The van der Waals surface area contributed by atoms with E-state index in [0.717, 1.165) is 33.7 Å². The second-order valence-corrected chi connectivity index (χ2v) is 6.70. The SMILES string of the molecule is Cn1c(C=Nc2ccc(Cl)nc2)c(Nc2ccc(Cl)nc2)c2ccccc21. The number of para-hydroxylation sites is 1. The molecule has 4 rings (SSSR count). The Kier molecular flexibility index (Phi) is 4.79. The summed E-state index contributed by atoms with van der Waals surface area (Å²) in [5.41, 5.74) is 4.55. The zero-order valence-electron chi connectivity index (χ0n) is 14.4. The van der Waals surface area contributed by atoms with E-state index in [4.69, 9.17) is 23.2 Å². The van der Waals surface area contributed by atoms with Crippen molar-refractivity contribution in [3.63, 3.8) is 0 Å². The van der Waals surface area contributed by atoms with Gasteiger partial charge in [-0.15, -0.1) is 0 Å². The minimum absolute atomic E-state index is 0.441. The van der Waals surface area contributed by atoms with E-state index in [0.29, 0.717) is 10.3 Å². The first-order chi connectivity index (χ1) is 13.1. The Labute approximate surface area is 166 Å². The first kappa shape index (κ1) is 17.5. The van der Waals surface area contributed by atoms with Gasteiger partial charge >= 0.3 is 0 Å². The number of nitrogens with zero attached hydrogens (tertiary/aromatic N) is 4. The molecule has 0 saturated heterocycles. The number of hydrogen-bond donors (Lipinski definition) is 1. The standard InChI is InChI=1S/C20H15Cl2N5/c1-27-16-5-3-2-4-15(16)20(26-14-7-9-19(22)25-11-14)17(27)12-23-13-6-8-18(21)24-10-13/h2-12,26H,1H3. The van der Waals surface area contributed by atoms with Crippen LogP contribution in [0.2, 0.25) is 10.3 Å². The van der Waals surface area contributed by atoms with E-state index in [9.17, 15) is 0 Å². The number of benzene rings is 1. The molecule has 4 aromatic rings. The number of aliphatic imine (C=N–C) groups is 1. The molecule has 0 aliphatic rings. The van der Waals surface area contributed by atoms with Crippen molar-refractivity contribution < 1.29 is 0 Å². The Balaban J connectivity index is 1.79. The van der Waals surface area contributed by atoms with Gasteiger partial charge in [0.15, 0.2) is 0 Å². The topological polar surface area (TPSA) is 55.1 Å². The Bertz CT molecular complexity index is 1120. The number of aromatic nitrogens is 3. The molecule has 0 saturated carbocycles. The summed E-state index contributed by atoms with van der Waals surface area (Å²) in [7, 11) is 2.01. The lowest BCUT2D eigenvalue weighted by atomic mass is 10.2. The van der Waals surface area contributed by atoms with Crippen LogP contribution < -0.4 is 5.32 Å². The molecule has 3 heterocycles. The number of aryl methyl sites for hydroxylation is 1. The molecule has 0 aliphatic carbocycles. The van der Waals surface area contributed by atoms with Gasteiger partial charge in [-0.05, 0) is 30.3 Å². The number of anilines is 2. The van der Waals surface area contributed by atoms with E-state index in [1.165, 1.54) is 0 Å². The molecule has 3 aromatic heterocycles. The maximum Gasteiger partial charge on any atom is 0.129 e. The van der Waals surface area contributed by atoms with Gasteiger partial charge in [-0.1, -0.05) is 41.4 Å². The third-order valence-corrected chi connectivity index (χ3v) is 4.64. The summed E-state index contributed by atoms with van der Waals surface area (Å²) in [4.78, 5) is 12.7. The van der Waals surface area contributed by atoms with E-state index in [1.807, 2.05) is 37.5 Å². The zero-order valence-corrected chi connectivity index (χ0v) is 15.9. The fourth-order valence-electron chi connectivity index (χ4n) is 2.87. The number of hydrogen-bond acceptors (Lipinski definition) is 4. The van der Waals surface area contributed by atoms with Crippen LogP contribution in [0.5, 0.6) is 0 Å². The smallest absolute Gasteiger partial charge is 0.129 e. The molecule has 0 bridgehead atoms. The first-order valence-corrected chi connectivity index (χ1v) is 8.99. The number of pyridine rings is 2. The van der Waals surface area contributed by atoms with Gasteiger partial charge in [0.1, 0.15) is 10.3 Å². The summed E-state index contributed by atoms with van der Waals surface area (Å²) in [6.07, 6.45) is 5.16. The molecule has 5 nitrogen and oxygen atoms in total. The minimum Gasteiger partial charge on any atom is -0.352 e. The number of nitrogens with one attached hydrogen (secondary N) is 1. The third kappa shape index (κ3) is 3.65. The number of rotatable bonds is 4. The van der Waals surface area contributed by atoms with Crippen LogP contribution >= 0.6 is 23.2 Å². The van der Waals surface area contributed by atoms with Crippen LogP contribution in [0.3, 0.4) is 0 Å². The van der Waals surface area contributed by atoms with Crippen LogP contribution in [0.4, 0.5) is 17.1 Å². The average molecular weight is 396 g/mol. The molecule has 0 aliphatic heterocycles. The molecule has 0 unspecified atom stereocenters. The maximum atomic E-state index is 5.89. The molecular weight excluding hydrogens is 381 g/mol. The quantitative estimate of drug-likeness (QED) is 0.352. The normalized spacial score (nSPS) is 11.4. The predicted octanol–water partition coefficient (Wildman–Crippen LogP) is 5.77. The Hall–Kier alpha value is -2.89. The molecule has 7 heteroatoms. The lowest BCUT2D eigenvalue weighted by Gasteiger charge is -2.07. The fourth-order valence-corrected chi connectivity index (χ4v) is 3.09. The largest absolute Gasteiger partial charge is 0.352 e. The van der Waals surface area contributed by atoms with Crippen molar-refractivity contribution in [2.75, 3.05) is 5.32 Å². The lowest BCUT2D eigenvalue weighted by molar-refractivity contribution is 0.959. The van der Waals surface area contributed by atoms with E-state index < -0.39 is 0 Å². The van der Waals surface area contributed by atoms with Crippen molar-refractivity contribution >= 4 is 57.4 Å². The first-order valence-electron chi connectivity index (χ1n) is 8.23. The molecule has 1 aromatic carbocycles. The monoisotopic (exact) mass is 395 g/mol. The lowest BCUT2D eigenvalue weighted by Crippen LogP contribution is -1.99. The second kappa shape index (κ2) is 7.39. The van der Waals surface area contributed by atoms with Gasteiger partial charge in [-0.25, -0.2) is 9.97 Å². The maximum absolute atomic E-state index is 5.89. The van der Waals surface area contributed by atoms with Crippen LogP contribution in [0.15, 0.2) is 65.9 Å². The van der Waals surface area contributed by atoms with Gasteiger partial charge in [-0.3, -0.25) is 4.99 Å². The summed E-state index contributed by atoms with van der Waals surface area (Å²) in [6, 6.07) is 15.4. The van der Waals surface area contributed by atoms with Gasteiger partial charge in [0.05, 0.1) is 46.9 Å². The minimum atomic E-state index is 0.441. The summed E-state index contributed by atoms with van der Waals surface area (Å²) in [5.74, 6) is 0. The van der Waals surface area contributed by atoms with Crippen LogP contribution in [-0.4, -0.2) is 20.7 Å². The fraction of sp³-hybridized carbons (Fsp3) is 0.0500. The van der Waals surface area contributed by atoms with Crippen molar-refractivity contribution in [3.05, 3.63) is 76.9 Å². The highest BCUT2D eigenvalue weighted by Crippen LogP contribution is 2.32. The average Bonchev–Trinajstić information content (AvgIpc) is 2.95. The predicted molar refractivity (Wildman–Crippen MR) is 112 cm³/mol. The molecule has 0 spiro atoms. The number of halogens is 2. The van der Waals surface area contributed by atoms with Crippen LogP contribution in [0, 0.1) is 0 Å². The summed E-state index contributed by atoms with van der Waals surface area (Å²) >= 11 is 11.7. The van der Waals surface area contributed by atoms with Crippen molar-refractivity contribution in [1.29, 1.82) is 0 Å². The van der Waals surface area contributed by atoms with E-state index in [2.05, 4.69) is 37.0 Å². The second-order valence-electron chi connectivity index (χ2n) is 5.93. The van der Waals surface area contributed by atoms with Crippen LogP contribution in [0.1, 0.15) is 5.69 Å². The summed E-state index contributed by atoms with van der Waals surface area (Å²) in [6.45, 7) is 0. The molecular formula is C20H15Cl2N5. The van der Waals surface area contributed by atoms with Crippen molar-refractivity contribution in [3.8, 4) is 0 Å². The molecule has 1 N–H and O–H groups in total. The summed E-state index contributed by atoms with van der Waals surface area (Å²) in [5, 5.41) is 5.42. The highest BCUT2D eigenvalue weighted by Gasteiger charge is 2.14. The molecule has 0 amide bonds. The summed E-state index contributed by atoms with van der Waals surface area (Å²) < 4.78 is 2.09. The molecule has 0 fully saturated rings. The van der Waals surface area contributed by atoms with Crippen molar-refractivity contribution in [2.24, 2.45) is 12.0 Å². The van der Waals surface area contributed by atoms with Crippen LogP contribution in [-0.2, 0) is 7.05 Å². The van der Waals surface area contributed by atoms with Crippen molar-refractivity contribution in [2.45, 2.75) is 0 Å². The van der Waals surface area contributed by atoms with Gasteiger partial charge in [0, 0.05) is 12.4 Å². The van der Waals surface area contributed by atoms with E-state index in [1.54, 1.807) is 24.5 Å². The Morgan fingerprint density at radius 2 is 1.70 bits per heavy atom. The third-order valence-electron chi connectivity index (χ3n) is 4.20. The van der Waals surface area contributed by atoms with Crippen LogP contribution in [0.25, 0.3) is 10.9 Å². The molecule has 0 atom stereocenters. The van der Waals surface area contributed by atoms with Gasteiger partial charge in [0.2, 0.25) is 0 Å². The Morgan fingerprint density at radius 3 is 2.41 bits per heavy atom. The van der Waals surface area contributed by atoms with Gasteiger partial charge in [0.25, 0.3) is 0 Å². The highest BCUT2D eigenvalue weighted by atomic mass is 35.5. The zero-order chi connectivity index (χ0) is 18.8. The number of fused-ring (bicyclic) bond motifs is 1. The highest BCUT2D eigenvalue weighted by molar-refractivity contribution is 6.29. The Morgan fingerprint density at radius 1 is 0.963 bits per heavy atom.